The van der Waals surface area contributed by atoms with Crippen molar-refractivity contribution in [2.24, 2.45) is 5.92 Å². The SMILES string of the molecule is Cc1cccc(OC(CCC(C)C)n2[nH]cnc2=S)c1C. The van der Waals surface area contributed by atoms with E-state index in [2.05, 4.69) is 43.8 Å². The topological polar surface area (TPSA) is 42.8 Å². The summed E-state index contributed by atoms with van der Waals surface area (Å²) in [5.41, 5.74) is 2.39. The van der Waals surface area contributed by atoms with Crippen molar-refractivity contribution in [2.75, 3.05) is 0 Å². The lowest BCUT2D eigenvalue weighted by Gasteiger charge is -2.22. The van der Waals surface area contributed by atoms with Crippen LogP contribution < -0.4 is 4.74 Å². The molecule has 1 unspecified atom stereocenters. The summed E-state index contributed by atoms with van der Waals surface area (Å²) in [7, 11) is 0. The Labute approximate surface area is 131 Å². The van der Waals surface area contributed by atoms with Crippen LogP contribution in [0.5, 0.6) is 5.75 Å². The van der Waals surface area contributed by atoms with E-state index in [1.807, 2.05) is 16.8 Å². The number of hydrogen-bond acceptors (Lipinski definition) is 3. The molecule has 21 heavy (non-hydrogen) atoms. The number of aromatic amines is 1. The van der Waals surface area contributed by atoms with Crippen LogP contribution in [-0.4, -0.2) is 14.8 Å². The molecule has 1 heterocycles. The van der Waals surface area contributed by atoms with Gasteiger partial charge in [-0.1, -0.05) is 26.0 Å². The third-order valence-electron chi connectivity index (χ3n) is 3.67. The second-order valence-corrected chi connectivity index (χ2v) is 6.15. The molecule has 0 radical (unpaired) electrons. The Kier molecular flexibility index (Phi) is 5.17. The molecule has 0 fully saturated rings. The van der Waals surface area contributed by atoms with Gasteiger partial charge in [-0.25, -0.2) is 9.67 Å². The van der Waals surface area contributed by atoms with Crippen molar-refractivity contribution in [1.29, 1.82) is 0 Å². The minimum atomic E-state index is -0.150. The van der Waals surface area contributed by atoms with Gasteiger partial charge in [0, 0.05) is 6.42 Å². The fourth-order valence-corrected chi connectivity index (χ4v) is 2.41. The predicted octanol–water partition coefficient (Wildman–Crippen LogP) is 4.57. The Bertz CT molecular complexity index is 645. The van der Waals surface area contributed by atoms with Crippen LogP contribution >= 0.6 is 12.2 Å². The van der Waals surface area contributed by atoms with Crippen LogP contribution in [-0.2, 0) is 0 Å². The third kappa shape index (κ3) is 3.94. The van der Waals surface area contributed by atoms with Crippen molar-refractivity contribution < 1.29 is 4.74 Å². The fourth-order valence-electron chi connectivity index (χ4n) is 2.19. The number of ether oxygens (including phenoxy) is 1. The molecule has 0 saturated heterocycles. The van der Waals surface area contributed by atoms with Gasteiger partial charge in [-0.2, -0.15) is 0 Å². The van der Waals surface area contributed by atoms with Crippen molar-refractivity contribution >= 4 is 12.2 Å². The highest BCUT2D eigenvalue weighted by molar-refractivity contribution is 7.71. The van der Waals surface area contributed by atoms with Gasteiger partial charge >= 0.3 is 0 Å². The minimum absolute atomic E-state index is 0.150. The molecular weight excluding hydrogens is 282 g/mol. The van der Waals surface area contributed by atoms with Gasteiger partial charge in [-0.3, -0.25) is 5.10 Å². The number of rotatable bonds is 6. The zero-order valence-electron chi connectivity index (χ0n) is 13.1. The monoisotopic (exact) mass is 305 g/mol. The van der Waals surface area contributed by atoms with Crippen LogP contribution in [0.2, 0.25) is 0 Å². The van der Waals surface area contributed by atoms with Crippen molar-refractivity contribution in [3.05, 3.63) is 40.4 Å². The van der Waals surface area contributed by atoms with Crippen LogP contribution in [0.3, 0.4) is 0 Å². The zero-order chi connectivity index (χ0) is 15.4. The Morgan fingerprint density at radius 3 is 2.67 bits per heavy atom. The van der Waals surface area contributed by atoms with Gasteiger partial charge in [0.1, 0.15) is 12.1 Å². The highest BCUT2D eigenvalue weighted by Gasteiger charge is 2.16. The lowest BCUT2D eigenvalue weighted by molar-refractivity contribution is 0.0992. The zero-order valence-corrected chi connectivity index (χ0v) is 13.9. The number of H-pyrrole nitrogens is 1. The van der Waals surface area contributed by atoms with E-state index < -0.39 is 0 Å². The molecule has 0 saturated carbocycles. The lowest BCUT2D eigenvalue weighted by Crippen LogP contribution is -2.18. The molecule has 0 bridgehead atoms. The van der Waals surface area contributed by atoms with Crippen molar-refractivity contribution in [3.8, 4) is 5.75 Å². The van der Waals surface area contributed by atoms with Crippen molar-refractivity contribution in [2.45, 2.75) is 46.8 Å². The van der Waals surface area contributed by atoms with Gasteiger partial charge in [-0.15, -0.1) is 0 Å². The van der Waals surface area contributed by atoms with E-state index in [1.165, 1.54) is 5.56 Å². The molecule has 4 nitrogen and oxygen atoms in total. The maximum absolute atomic E-state index is 6.23. The molecule has 0 amide bonds. The van der Waals surface area contributed by atoms with Gasteiger partial charge in [0.15, 0.2) is 6.23 Å². The first kappa shape index (κ1) is 15.8. The molecule has 1 atom stereocenters. The predicted molar refractivity (Wildman–Crippen MR) is 87.1 cm³/mol. The molecule has 0 aliphatic carbocycles. The van der Waals surface area contributed by atoms with Gasteiger partial charge in [0.05, 0.1) is 0 Å². The number of nitrogens with one attached hydrogen (secondary N) is 1. The number of aryl methyl sites for hydroxylation is 1. The van der Waals surface area contributed by atoms with E-state index in [0.29, 0.717) is 10.7 Å². The van der Waals surface area contributed by atoms with Crippen LogP contribution in [0.1, 0.15) is 44.0 Å². The number of nitrogens with zero attached hydrogens (tertiary/aromatic N) is 2. The molecule has 2 aromatic rings. The Hall–Kier alpha value is -1.62. The molecule has 114 valence electrons. The maximum atomic E-state index is 6.23. The van der Waals surface area contributed by atoms with Crippen LogP contribution in [0, 0.1) is 24.5 Å². The number of aromatic nitrogens is 3. The highest BCUT2D eigenvalue weighted by atomic mass is 32.1. The summed E-state index contributed by atoms with van der Waals surface area (Å²) in [4.78, 5) is 4.09. The van der Waals surface area contributed by atoms with E-state index in [-0.39, 0.29) is 6.23 Å². The van der Waals surface area contributed by atoms with Gasteiger partial charge in [-0.05, 0) is 55.6 Å². The maximum Gasteiger partial charge on any atom is 0.219 e. The highest BCUT2D eigenvalue weighted by Crippen LogP contribution is 2.27. The normalized spacial score (nSPS) is 12.6. The van der Waals surface area contributed by atoms with E-state index in [0.717, 1.165) is 24.2 Å². The molecule has 1 aromatic carbocycles. The molecule has 0 aliphatic heterocycles. The summed E-state index contributed by atoms with van der Waals surface area (Å²) >= 11 is 5.26. The van der Waals surface area contributed by atoms with Gasteiger partial charge in [0.25, 0.3) is 0 Å². The summed E-state index contributed by atoms with van der Waals surface area (Å²) in [5, 5.41) is 3.06. The largest absolute Gasteiger partial charge is 0.468 e. The van der Waals surface area contributed by atoms with Crippen LogP contribution in [0.15, 0.2) is 24.5 Å². The summed E-state index contributed by atoms with van der Waals surface area (Å²) in [5.74, 6) is 1.52. The Morgan fingerprint density at radius 1 is 1.29 bits per heavy atom. The minimum Gasteiger partial charge on any atom is -0.468 e. The first-order chi connectivity index (χ1) is 9.99. The first-order valence-corrected chi connectivity index (χ1v) is 7.74. The molecule has 1 aromatic heterocycles. The molecule has 1 N–H and O–H groups in total. The standard InChI is InChI=1S/C16H23N3OS/c1-11(2)8-9-15(19-16(21)17-10-18-19)20-14-7-5-6-12(3)13(14)4/h5-7,10-11,15H,8-9H2,1-4H3,(H,17,18,21). The average molecular weight is 305 g/mol. The second-order valence-electron chi connectivity index (χ2n) is 5.78. The smallest absolute Gasteiger partial charge is 0.219 e. The number of hydrogen-bond donors (Lipinski definition) is 1. The van der Waals surface area contributed by atoms with Crippen molar-refractivity contribution in [3.63, 3.8) is 0 Å². The van der Waals surface area contributed by atoms with E-state index in [1.54, 1.807) is 6.33 Å². The van der Waals surface area contributed by atoms with Gasteiger partial charge in [0.2, 0.25) is 4.77 Å². The van der Waals surface area contributed by atoms with E-state index in [4.69, 9.17) is 17.0 Å². The Balaban J connectivity index is 2.25. The molecule has 0 aliphatic rings. The molecular formula is C16H23N3OS. The van der Waals surface area contributed by atoms with Gasteiger partial charge < -0.3 is 4.74 Å². The van der Waals surface area contributed by atoms with E-state index >= 15 is 0 Å². The average Bonchev–Trinajstić information content (AvgIpc) is 2.85. The molecule has 2 rings (SSSR count). The summed E-state index contributed by atoms with van der Waals surface area (Å²) < 4.78 is 8.57. The fraction of sp³-hybridized carbons (Fsp3) is 0.500. The van der Waals surface area contributed by atoms with Crippen LogP contribution in [0.4, 0.5) is 0 Å². The van der Waals surface area contributed by atoms with Crippen molar-refractivity contribution in [1.82, 2.24) is 14.8 Å². The summed E-state index contributed by atoms with van der Waals surface area (Å²) in [6.45, 7) is 8.59. The molecule has 5 heteroatoms. The summed E-state index contributed by atoms with van der Waals surface area (Å²) in [6.07, 6.45) is 3.41. The summed E-state index contributed by atoms with van der Waals surface area (Å²) in [6, 6.07) is 6.11. The first-order valence-electron chi connectivity index (χ1n) is 7.34. The third-order valence-corrected chi connectivity index (χ3v) is 3.98. The number of benzene rings is 1. The quantitative estimate of drug-likeness (QED) is 0.795. The Morgan fingerprint density at radius 2 is 2.05 bits per heavy atom. The lowest BCUT2D eigenvalue weighted by atomic mass is 10.1. The van der Waals surface area contributed by atoms with Crippen LogP contribution in [0.25, 0.3) is 0 Å². The van der Waals surface area contributed by atoms with E-state index in [9.17, 15) is 0 Å². The second kappa shape index (κ2) is 6.89. The molecule has 0 spiro atoms.